The molecule has 0 bridgehead atoms. The van der Waals surface area contributed by atoms with Crippen molar-refractivity contribution >= 4 is 27.7 Å². The highest BCUT2D eigenvalue weighted by Gasteiger charge is 2.38. The lowest BCUT2D eigenvalue weighted by Crippen LogP contribution is -2.31. The quantitative estimate of drug-likeness (QED) is 0.197. The average molecular weight is 465 g/mol. The van der Waals surface area contributed by atoms with Gasteiger partial charge < -0.3 is 14.3 Å². The Morgan fingerprint density at radius 2 is 2.06 bits per heavy atom. The summed E-state index contributed by atoms with van der Waals surface area (Å²) >= 11 is 1.88. The molecule has 3 nitrogen and oxygen atoms in total. The molecule has 2 heterocycles. The van der Waals surface area contributed by atoms with Crippen molar-refractivity contribution in [1.82, 2.24) is 0 Å². The summed E-state index contributed by atoms with van der Waals surface area (Å²) in [6.07, 6.45) is 18.9. The number of unbranched alkanes of at least 4 members (excludes halogenated alkanes) is 2. The molecule has 4 atom stereocenters. The van der Waals surface area contributed by atoms with Crippen molar-refractivity contribution in [2.24, 2.45) is 11.8 Å². The first-order valence-electron chi connectivity index (χ1n) is 12.4. The van der Waals surface area contributed by atoms with Crippen LogP contribution in [0.3, 0.4) is 0 Å². The fraction of sp³-hybridized carbons (Fsp3) is 0.483. The Morgan fingerprint density at radius 3 is 2.88 bits per heavy atom. The van der Waals surface area contributed by atoms with Gasteiger partial charge in [0.25, 0.3) is 0 Å². The highest BCUT2D eigenvalue weighted by atomic mass is 32.1. The normalized spacial score (nSPS) is 26.1. The lowest BCUT2D eigenvalue weighted by atomic mass is 9.89. The standard InChI is InChI=1S/C29H36O3S/c1-22-20-27(32-29-17-8-10-19-31-29)26(14-5-3-2-4-9-18-30)25(22)15-11-13-24-21-23-12-6-7-16-28(23)33-24/h3,5-7,11-12,15-16,18,21,25-27,29H,1-2,4,8-10,13-14,17,19-20H2/b5-3-,15-11+/t25-,26+,27-,29?/m0/s1. The minimum Gasteiger partial charge on any atom is -0.353 e. The van der Waals surface area contributed by atoms with Crippen LogP contribution in [-0.4, -0.2) is 25.3 Å². The Morgan fingerprint density at radius 1 is 1.15 bits per heavy atom. The molecule has 1 saturated heterocycles. The molecular formula is C29H36O3S. The molecule has 0 N–H and O–H groups in total. The second-order valence-electron chi connectivity index (χ2n) is 9.21. The fourth-order valence-electron chi connectivity index (χ4n) is 4.98. The number of hydrogen-bond donors (Lipinski definition) is 0. The Labute approximate surface area is 202 Å². The molecule has 0 radical (unpaired) electrons. The molecule has 176 valence electrons. The molecule has 1 saturated carbocycles. The highest BCUT2D eigenvalue weighted by Crippen LogP contribution is 2.42. The third-order valence-corrected chi connectivity index (χ3v) is 7.88. The van der Waals surface area contributed by atoms with Gasteiger partial charge in [0.15, 0.2) is 6.29 Å². The van der Waals surface area contributed by atoms with E-state index in [1.165, 1.54) is 27.0 Å². The minimum absolute atomic E-state index is 0.0723. The summed E-state index contributed by atoms with van der Waals surface area (Å²) in [5.41, 5.74) is 1.27. The number of rotatable bonds is 11. The summed E-state index contributed by atoms with van der Waals surface area (Å²) in [7, 11) is 0. The molecule has 4 heteroatoms. The van der Waals surface area contributed by atoms with Crippen molar-refractivity contribution < 1.29 is 14.3 Å². The van der Waals surface area contributed by atoms with Crippen LogP contribution in [0.1, 0.15) is 56.2 Å². The van der Waals surface area contributed by atoms with Gasteiger partial charge in [-0.25, -0.2) is 0 Å². The van der Waals surface area contributed by atoms with Crippen LogP contribution in [0.25, 0.3) is 10.1 Å². The highest BCUT2D eigenvalue weighted by molar-refractivity contribution is 7.19. The molecule has 1 aromatic carbocycles. The molecule has 2 aliphatic rings. The summed E-state index contributed by atoms with van der Waals surface area (Å²) in [5.74, 6) is 0.705. The lowest BCUT2D eigenvalue weighted by molar-refractivity contribution is -0.194. The number of carbonyl (C=O) groups excluding carboxylic acids is 1. The number of aldehydes is 1. The summed E-state index contributed by atoms with van der Waals surface area (Å²) in [5, 5.41) is 1.33. The number of fused-ring (bicyclic) bond motifs is 1. The number of benzene rings is 1. The molecule has 0 amide bonds. The zero-order chi connectivity index (χ0) is 22.9. The van der Waals surface area contributed by atoms with E-state index in [-0.39, 0.29) is 12.4 Å². The third-order valence-electron chi connectivity index (χ3n) is 6.74. The zero-order valence-corrected chi connectivity index (χ0v) is 20.3. The number of allylic oxidation sites excluding steroid dienone is 4. The van der Waals surface area contributed by atoms with Crippen molar-refractivity contribution in [3.8, 4) is 0 Å². The Balaban J connectivity index is 1.41. The van der Waals surface area contributed by atoms with Crippen LogP contribution in [0.4, 0.5) is 0 Å². The van der Waals surface area contributed by atoms with Crippen molar-refractivity contribution in [1.29, 1.82) is 0 Å². The van der Waals surface area contributed by atoms with E-state index < -0.39 is 0 Å². The van der Waals surface area contributed by atoms with Gasteiger partial charge in [-0.1, -0.05) is 54.7 Å². The molecule has 1 aliphatic carbocycles. The first kappa shape index (κ1) is 24.1. The Hall–Kier alpha value is -2.01. The zero-order valence-electron chi connectivity index (χ0n) is 19.5. The van der Waals surface area contributed by atoms with Crippen LogP contribution in [0.15, 0.2) is 66.8 Å². The van der Waals surface area contributed by atoms with Gasteiger partial charge in [-0.3, -0.25) is 0 Å². The largest absolute Gasteiger partial charge is 0.353 e. The van der Waals surface area contributed by atoms with E-state index in [0.29, 0.717) is 18.3 Å². The monoisotopic (exact) mass is 464 g/mol. The van der Waals surface area contributed by atoms with Crippen LogP contribution in [-0.2, 0) is 20.7 Å². The predicted molar refractivity (Wildman–Crippen MR) is 138 cm³/mol. The molecule has 2 fully saturated rings. The molecule has 1 aromatic heterocycles. The van der Waals surface area contributed by atoms with Crippen molar-refractivity contribution in [3.63, 3.8) is 0 Å². The second-order valence-corrected chi connectivity index (χ2v) is 10.4. The fourth-order valence-corrected chi connectivity index (χ4v) is 6.02. The Kier molecular flexibility index (Phi) is 9.10. The summed E-state index contributed by atoms with van der Waals surface area (Å²) < 4.78 is 13.7. The molecule has 0 spiro atoms. The van der Waals surface area contributed by atoms with Gasteiger partial charge in [0.1, 0.15) is 6.29 Å². The second kappa shape index (κ2) is 12.5. The van der Waals surface area contributed by atoms with Gasteiger partial charge in [-0.2, -0.15) is 0 Å². The predicted octanol–water partition coefficient (Wildman–Crippen LogP) is 7.42. The van der Waals surface area contributed by atoms with E-state index in [0.717, 1.165) is 57.8 Å². The first-order chi connectivity index (χ1) is 16.2. The van der Waals surface area contributed by atoms with Crippen LogP contribution < -0.4 is 0 Å². The molecule has 2 aromatic rings. The van der Waals surface area contributed by atoms with Crippen LogP contribution in [0.5, 0.6) is 0 Å². The van der Waals surface area contributed by atoms with Crippen LogP contribution in [0.2, 0.25) is 0 Å². The molecule has 1 aliphatic heterocycles. The Bertz CT molecular complexity index is 933. The van der Waals surface area contributed by atoms with Gasteiger partial charge in [0.2, 0.25) is 0 Å². The lowest BCUT2D eigenvalue weighted by Gasteiger charge is -2.29. The average Bonchev–Trinajstić information content (AvgIpc) is 3.37. The molecule has 33 heavy (non-hydrogen) atoms. The summed E-state index contributed by atoms with van der Waals surface area (Å²) in [4.78, 5) is 11.9. The third kappa shape index (κ3) is 6.75. The number of ether oxygens (including phenoxy) is 2. The smallest absolute Gasteiger partial charge is 0.157 e. The van der Waals surface area contributed by atoms with E-state index >= 15 is 0 Å². The minimum atomic E-state index is -0.0723. The number of thiophene rings is 1. The number of carbonyl (C=O) groups is 1. The maximum Gasteiger partial charge on any atom is 0.157 e. The molecule has 4 rings (SSSR count). The van der Waals surface area contributed by atoms with Gasteiger partial charge >= 0.3 is 0 Å². The van der Waals surface area contributed by atoms with E-state index in [9.17, 15) is 4.79 Å². The molecular weight excluding hydrogens is 428 g/mol. The van der Waals surface area contributed by atoms with Crippen LogP contribution >= 0.6 is 11.3 Å². The summed E-state index contributed by atoms with van der Waals surface area (Å²) in [6, 6.07) is 10.9. The van der Waals surface area contributed by atoms with E-state index in [1.54, 1.807) is 0 Å². The van der Waals surface area contributed by atoms with Crippen molar-refractivity contribution in [2.45, 2.75) is 70.2 Å². The van der Waals surface area contributed by atoms with Crippen molar-refractivity contribution in [2.75, 3.05) is 6.61 Å². The van der Waals surface area contributed by atoms with E-state index in [4.69, 9.17) is 9.47 Å². The summed E-state index contributed by atoms with van der Waals surface area (Å²) in [6.45, 7) is 5.23. The van der Waals surface area contributed by atoms with Crippen molar-refractivity contribution in [3.05, 3.63) is 71.7 Å². The van der Waals surface area contributed by atoms with Gasteiger partial charge in [-0.05, 0) is 74.8 Å². The van der Waals surface area contributed by atoms with Gasteiger partial charge in [0, 0.05) is 28.5 Å². The maximum absolute atomic E-state index is 10.5. The van der Waals surface area contributed by atoms with Gasteiger partial charge in [0.05, 0.1) is 6.10 Å². The topological polar surface area (TPSA) is 35.5 Å². The first-order valence-corrected chi connectivity index (χ1v) is 13.2. The van der Waals surface area contributed by atoms with Crippen LogP contribution in [0, 0.1) is 11.8 Å². The van der Waals surface area contributed by atoms with E-state index in [2.05, 4.69) is 61.2 Å². The number of hydrogen-bond acceptors (Lipinski definition) is 4. The molecule has 1 unspecified atom stereocenters. The SMILES string of the molecule is C=C1C[C@H](OC2CCCCO2)[C@H](C/C=C\CCCC=O)[C@H]1/C=C/Cc1cc2ccccc2s1. The maximum atomic E-state index is 10.5. The van der Waals surface area contributed by atoms with Gasteiger partial charge in [-0.15, -0.1) is 11.3 Å². The van der Waals surface area contributed by atoms with E-state index in [1.807, 2.05) is 11.3 Å².